The third-order valence-corrected chi connectivity index (χ3v) is 6.23. The molecule has 1 aromatic carbocycles. The van der Waals surface area contributed by atoms with Crippen molar-refractivity contribution in [2.24, 2.45) is 5.73 Å². The Hall–Kier alpha value is -0.960. The van der Waals surface area contributed by atoms with Crippen molar-refractivity contribution in [3.63, 3.8) is 0 Å². The Morgan fingerprint density at radius 3 is 2.52 bits per heavy atom. The molecule has 0 radical (unpaired) electrons. The fourth-order valence-corrected chi connectivity index (χ4v) is 4.46. The highest BCUT2D eigenvalue weighted by Crippen LogP contribution is 2.19. The van der Waals surface area contributed by atoms with Crippen molar-refractivity contribution in [3.8, 4) is 0 Å². The zero-order valence-corrected chi connectivity index (χ0v) is 14.2. The quantitative estimate of drug-likeness (QED) is 0.722. The van der Waals surface area contributed by atoms with Crippen molar-refractivity contribution in [1.29, 1.82) is 0 Å². The molecule has 6 nitrogen and oxygen atoms in total. The third kappa shape index (κ3) is 3.63. The molecule has 1 saturated heterocycles. The number of carbonyl (C=O) groups is 1. The van der Waals surface area contributed by atoms with Gasteiger partial charge in [0.15, 0.2) is 6.04 Å². The van der Waals surface area contributed by atoms with Gasteiger partial charge in [-0.2, -0.15) is 4.31 Å². The summed E-state index contributed by atoms with van der Waals surface area (Å²) in [6.07, 6.45) is 0. The fourth-order valence-electron chi connectivity index (χ4n) is 2.42. The van der Waals surface area contributed by atoms with E-state index in [1.807, 2.05) is 0 Å². The van der Waals surface area contributed by atoms with E-state index in [0.717, 1.165) is 9.37 Å². The summed E-state index contributed by atoms with van der Waals surface area (Å²) >= 11 is 3.28. The Kier molecular flexibility index (Phi) is 5.03. The molecule has 1 aliphatic heterocycles. The minimum Gasteiger partial charge on any atom is -0.365 e. The number of piperazine rings is 1. The van der Waals surface area contributed by atoms with E-state index in [-0.39, 0.29) is 16.8 Å². The van der Waals surface area contributed by atoms with Crippen LogP contribution in [0.4, 0.5) is 0 Å². The lowest BCUT2D eigenvalue weighted by molar-refractivity contribution is -0.917. The van der Waals surface area contributed by atoms with Gasteiger partial charge in [-0.3, -0.25) is 4.79 Å². The molecule has 0 saturated carbocycles. The number of benzene rings is 1. The molecule has 0 spiro atoms. The number of carbonyl (C=O) groups excluding carboxylic acids is 1. The average molecular weight is 377 g/mol. The predicted molar refractivity (Wildman–Crippen MR) is 82.3 cm³/mol. The second-order valence-electron chi connectivity index (χ2n) is 5.14. The Labute approximate surface area is 133 Å². The first kappa shape index (κ1) is 16.4. The second-order valence-corrected chi connectivity index (χ2v) is 8.00. The van der Waals surface area contributed by atoms with Gasteiger partial charge in [-0.25, -0.2) is 8.42 Å². The molecule has 2 rings (SSSR count). The van der Waals surface area contributed by atoms with Crippen LogP contribution in [0.1, 0.15) is 6.92 Å². The maximum absolute atomic E-state index is 12.6. The van der Waals surface area contributed by atoms with Gasteiger partial charge in [0, 0.05) is 4.47 Å². The molecule has 0 aliphatic carbocycles. The minimum atomic E-state index is -3.48. The highest BCUT2D eigenvalue weighted by Gasteiger charge is 2.33. The number of sulfonamides is 1. The van der Waals surface area contributed by atoms with E-state index in [1.54, 1.807) is 31.2 Å². The second kappa shape index (κ2) is 6.43. The summed E-state index contributed by atoms with van der Waals surface area (Å²) in [5.41, 5.74) is 5.30. The number of nitrogens with two attached hydrogens (primary N) is 1. The topological polar surface area (TPSA) is 84.9 Å². The van der Waals surface area contributed by atoms with Crippen molar-refractivity contribution in [1.82, 2.24) is 4.31 Å². The number of nitrogens with zero attached hydrogens (tertiary/aromatic N) is 1. The van der Waals surface area contributed by atoms with Gasteiger partial charge in [0.25, 0.3) is 5.91 Å². The van der Waals surface area contributed by atoms with Gasteiger partial charge in [0.05, 0.1) is 31.1 Å². The van der Waals surface area contributed by atoms with Gasteiger partial charge in [-0.1, -0.05) is 22.0 Å². The Bertz CT molecular complexity index is 627. The number of quaternary nitrogens is 1. The molecule has 3 N–H and O–H groups in total. The van der Waals surface area contributed by atoms with Crippen LogP contribution in [0.3, 0.4) is 0 Å². The molecule has 1 aliphatic rings. The molecule has 1 atom stereocenters. The van der Waals surface area contributed by atoms with Crippen molar-refractivity contribution in [2.75, 3.05) is 26.2 Å². The van der Waals surface area contributed by atoms with E-state index in [2.05, 4.69) is 15.9 Å². The number of primary amides is 1. The first-order valence-electron chi connectivity index (χ1n) is 6.72. The molecule has 0 unspecified atom stereocenters. The fraction of sp³-hybridized carbons (Fsp3) is 0.462. The Morgan fingerprint density at radius 1 is 1.38 bits per heavy atom. The number of rotatable bonds is 4. The molecule has 8 heteroatoms. The van der Waals surface area contributed by atoms with E-state index >= 15 is 0 Å². The molecular weight excluding hydrogens is 358 g/mol. The highest BCUT2D eigenvalue weighted by atomic mass is 79.9. The van der Waals surface area contributed by atoms with Gasteiger partial charge < -0.3 is 10.6 Å². The standard InChI is InChI=1S/C13H18BrN3O3S/c1-10(13(15)18)16-5-7-17(8-6-16)21(19,20)12-4-2-3-11(14)9-12/h2-4,9-10H,5-8H2,1H3,(H2,15,18)/p+1/t10-/m1/s1. The zero-order chi connectivity index (χ0) is 15.6. The maximum Gasteiger partial charge on any atom is 0.275 e. The summed E-state index contributed by atoms with van der Waals surface area (Å²) in [5, 5.41) is 0. The summed E-state index contributed by atoms with van der Waals surface area (Å²) in [6, 6.07) is 6.38. The van der Waals surface area contributed by atoms with Gasteiger partial charge in [-0.05, 0) is 25.1 Å². The van der Waals surface area contributed by atoms with Gasteiger partial charge in [0.1, 0.15) is 0 Å². The number of amides is 1. The molecule has 0 bridgehead atoms. The smallest absolute Gasteiger partial charge is 0.275 e. The lowest BCUT2D eigenvalue weighted by Gasteiger charge is -2.33. The van der Waals surface area contributed by atoms with Crippen LogP contribution in [0.2, 0.25) is 0 Å². The normalized spacial score (nSPS) is 19.3. The molecule has 0 aromatic heterocycles. The van der Waals surface area contributed by atoms with Crippen LogP contribution in [-0.4, -0.2) is 50.9 Å². The van der Waals surface area contributed by atoms with Crippen LogP contribution in [-0.2, 0) is 14.8 Å². The van der Waals surface area contributed by atoms with Crippen molar-refractivity contribution < 1.29 is 18.1 Å². The zero-order valence-electron chi connectivity index (χ0n) is 11.8. The summed E-state index contributed by atoms with van der Waals surface area (Å²) in [6.45, 7) is 3.72. The van der Waals surface area contributed by atoms with Gasteiger partial charge in [-0.15, -0.1) is 0 Å². The third-order valence-electron chi connectivity index (χ3n) is 3.84. The van der Waals surface area contributed by atoms with Crippen molar-refractivity contribution >= 4 is 31.9 Å². The van der Waals surface area contributed by atoms with E-state index in [4.69, 9.17) is 5.73 Å². The van der Waals surface area contributed by atoms with Crippen LogP contribution in [0.25, 0.3) is 0 Å². The Morgan fingerprint density at radius 2 is 2.00 bits per heavy atom. The molecule has 1 amide bonds. The van der Waals surface area contributed by atoms with Crippen molar-refractivity contribution in [3.05, 3.63) is 28.7 Å². The Balaban J connectivity index is 2.09. The van der Waals surface area contributed by atoms with E-state index in [1.165, 1.54) is 4.31 Å². The number of nitrogens with one attached hydrogen (secondary N) is 1. The molecule has 1 aromatic rings. The van der Waals surface area contributed by atoms with Crippen LogP contribution in [0.5, 0.6) is 0 Å². The largest absolute Gasteiger partial charge is 0.365 e. The van der Waals surface area contributed by atoms with Crippen LogP contribution in [0.15, 0.2) is 33.6 Å². The first-order valence-corrected chi connectivity index (χ1v) is 8.95. The first-order chi connectivity index (χ1) is 9.82. The molecule has 21 heavy (non-hydrogen) atoms. The van der Waals surface area contributed by atoms with E-state index in [9.17, 15) is 13.2 Å². The number of hydrogen-bond acceptors (Lipinski definition) is 3. The van der Waals surface area contributed by atoms with Crippen LogP contribution < -0.4 is 10.6 Å². The summed E-state index contributed by atoms with van der Waals surface area (Å²) in [7, 11) is -3.48. The number of halogens is 1. The molecule has 116 valence electrons. The van der Waals surface area contributed by atoms with Crippen molar-refractivity contribution in [2.45, 2.75) is 17.9 Å². The minimum absolute atomic E-state index is 0.281. The molecule has 1 fully saturated rings. The van der Waals surface area contributed by atoms with Gasteiger partial charge in [0.2, 0.25) is 10.0 Å². The lowest BCUT2D eigenvalue weighted by Crippen LogP contribution is -3.19. The SMILES string of the molecule is C[C@H](C(N)=O)[NH+]1CCN(S(=O)(=O)c2cccc(Br)c2)CC1. The van der Waals surface area contributed by atoms with E-state index < -0.39 is 10.0 Å². The summed E-state index contributed by atoms with van der Waals surface area (Å²) in [4.78, 5) is 12.5. The lowest BCUT2D eigenvalue weighted by atomic mass is 10.2. The average Bonchev–Trinajstić information content (AvgIpc) is 2.46. The monoisotopic (exact) mass is 376 g/mol. The molecular formula is C13H19BrN3O3S+. The summed E-state index contributed by atoms with van der Waals surface area (Å²) in [5.74, 6) is -0.353. The summed E-state index contributed by atoms with van der Waals surface area (Å²) < 4.78 is 27.3. The van der Waals surface area contributed by atoms with E-state index in [0.29, 0.717) is 26.2 Å². The highest BCUT2D eigenvalue weighted by molar-refractivity contribution is 9.10. The van der Waals surface area contributed by atoms with Crippen LogP contribution >= 0.6 is 15.9 Å². The predicted octanol–water partition coefficient (Wildman–Crippen LogP) is -0.788. The maximum atomic E-state index is 12.6. The number of hydrogen-bond donors (Lipinski definition) is 2. The van der Waals surface area contributed by atoms with Gasteiger partial charge >= 0.3 is 0 Å². The van der Waals surface area contributed by atoms with Crippen LogP contribution in [0, 0.1) is 0 Å². The molecule has 1 heterocycles.